The van der Waals surface area contributed by atoms with E-state index in [0.717, 1.165) is 21.3 Å². The van der Waals surface area contributed by atoms with Crippen LogP contribution in [0.25, 0.3) is 21.7 Å². The molecule has 2 heterocycles. The summed E-state index contributed by atoms with van der Waals surface area (Å²) in [5, 5.41) is 12.6. The number of anilines is 1. The molecule has 0 spiro atoms. The maximum Gasteiger partial charge on any atom is 0.333 e. The quantitative estimate of drug-likeness (QED) is 0.473. The Labute approximate surface area is 159 Å². The second kappa shape index (κ2) is 6.29. The van der Waals surface area contributed by atoms with Gasteiger partial charge in [-0.1, -0.05) is 12.1 Å². The minimum atomic E-state index is -0.385. The highest BCUT2D eigenvalue weighted by Crippen LogP contribution is 2.46. The predicted octanol–water partition coefficient (Wildman–Crippen LogP) is 2.96. The van der Waals surface area contributed by atoms with Crippen molar-refractivity contribution in [3.63, 3.8) is 0 Å². The Morgan fingerprint density at radius 1 is 1.22 bits per heavy atom. The number of aryl methyl sites for hydroxylation is 2. The normalized spacial score (nSPS) is 12.3. The molecule has 0 saturated heterocycles. The van der Waals surface area contributed by atoms with Crippen LogP contribution in [-0.4, -0.2) is 46.1 Å². The van der Waals surface area contributed by atoms with E-state index in [2.05, 4.69) is 25.9 Å². The Morgan fingerprint density at radius 2 is 2.00 bits per heavy atom. The third-order valence-electron chi connectivity index (χ3n) is 4.24. The Bertz CT molecular complexity index is 1080. The maximum atomic E-state index is 12.8. The van der Waals surface area contributed by atoms with Gasteiger partial charge < -0.3 is 5.32 Å². The molecule has 138 valence electrons. The number of amides is 2. The number of thiazole rings is 1. The van der Waals surface area contributed by atoms with Crippen LogP contribution in [-0.2, 0) is 0 Å². The van der Waals surface area contributed by atoms with Crippen molar-refractivity contribution in [3.05, 3.63) is 40.2 Å². The lowest BCUT2D eigenvalue weighted by atomic mass is 10.0. The third kappa shape index (κ3) is 2.81. The molecule has 27 heavy (non-hydrogen) atoms. The van der Waals surface area contributed by atoms with Crippen LogP contribution in [0, 0.1) is 13.8 Å². The van der Waals surface area contributed by atoms with Crippen LogP contribution in [0.2, 0.25) is 0 Å². The van der Waals surface area contributed by atoms with E-state index in [1.54, 1.807) is 48.6 Å². The monoisotopic (exact) mass is 382 g/mol. The lowest BCUT2D eigenvalue weighted by Gasteiger charge is -2.15. The minimum absolute atomic E-state index is 0.155. The van der Waals surface area contributed by atoms with Crippen LogP contribution in [0.1, 0.15) is 26.8 Å². The first-order valence-corrected chi connectivity index (χ1v) is 9.14. The smallest absolute Gasteiger partial charge is 0.306 e. The number of aromatic nitrogens is 3. The van der Waals surface area contributed by atoms with Crippen molar-refractivity contribution >= 4 is 28.8 Å². The van der Waals surface area contributed by atoms with Crippen molar-refractivity contribution in [2.75, 3.05) is 19.4 Å². The Kier molecular flexibility index (Phi) is 4.05. The van der Waals surface area contributed by atoms with Gasteiger partial charge in [0.05, 0.1) is 27.0 Å². The maximum absolute atomic E-state index is 12.8. The van der Waals surface area contributed by atoms with E-state index in [1.807, 2.05) is 13.8 Å². The molecule has 8 nitrogen and oxygen atoms in total. The number of hydrogen-bond donors (Lipinski definition) is 3. The average Bonchev–Trinajstić information content (AvgIpc) is 3.22. The van der Waals surface area contributed by atoms with Gasteiger partial charge >= 0.3 is 6.03 Å². The number of nitrogens with one attached hydrogen (secondary N) is 3. The number of hydrogen-bond acceptors (Lipinski definition) is 6. The molecule has 1 aromatic carbocycles. The van der Waals surface area contributed by atoms with Gasteiger partial charge in [-0.05, 0) is 19.9 Å². The van der Waals surface area contributed by atoms with Crippen molar-refractivity contribution in [2.45, 2.75) is 13.8 Å². The zero-order valence-corrected chi connectivity index (χ0v) is 16.1. The average molecular weight is 382 g/mol. The summed E-state index contributed by atoms with van der Waals surface area (Å²) in [5.74, 6) is -0.155. The number of ketones is 1. The summed E-state index contributed by atoms with van der Waals surface area (Å²) < 4.78 is 0. The number of H-pyrrole nitrogens is 1. The first-order valence-electron chi connectivity index (χ1n) is 8.32. The molecule has 0 atom stereocenters. The van der Waals surface area contributed by atoms with Crippen LogP contribution in [0.3, 0.4) is 0 Å². The largest absolute Gasteiger partial charge is 0.333 e. The topological polar surface area (TPSA) is 103 Å². The number of nitrogens with zero attached hydrogens (tertiary/aromatic N) is 3. The zero-order valence-electron chi connectivity index (χ0n) is 15.3. The van der Waals surface area contributed by atoms with Gasteiger partial charge in [0.1, 0.15) is 5.69 Å². The fraction of sp³-hybridized carbons (Fsp3) is 0.222. The van der Waals surface area contributed by atoms with Crippen LogP contribution in [0.4, 0.5) is 10.5 Å². The third-order valence-corrected chi connectivity index (χ3v) is 5.33. The van der Waals surface area contributed by atoms with E-state index >= 15 is 0 Å². The van der Waals surface area contributed by atoms with E-state index in [1.165, 1.54) is 0 Å². The second-order valence-corrected chi connectivity index (χ2v) is 7.69. The number of fused-ring (bicyclic) bond motifs is 3. The Morgan fingerprint density at radius 3 is 2.67 bits per heavy atom. The molecule has 0 radical (unpaired) electrons. The van der Waals surface area contributed by atoms with Crippen molar-refractivity contribution in [1.29, 1.82) is 0 Å². The molecular weight excluding hydrogens is 364 g/mol. The summed E-state index contributed by atoms with van der Waals surface area (Å²) in [6, 6.07) is 4.89. The molecule has 0 fully saturated rings. The molecule has 4 rings (SSSR count). The van der Waals surface area contributed by atoms with E-state index in [-0.39, 0.29) is 11.8 Å². The SMILES string of the molecule is Cc1nc(C)c(-c2[nH]nc3c2-c2c(NC(=O)NN(C)C)cccc2C3=O)s1. The number of carbonyl (C=O) groups excluding carboxylic acids is 2. The molecule has 0 aliphatic heterocycles. The molecule has 2 aromatic heterocycles. The predicted molar refractivity (Wildman–Crippen MR) is 104 cm³/mol. The number of urea groups is 1. The minimum Gasteiger partial charge on any atom is -0.306 e. The highest BCUT2D eigenvalue weighted by molar-refractivity contribution is 7.15. The highest BCUT2D eigenvalue weighted by Gasteiger charge is 2.35. The van der Waals surface area contributed by atoms with Gasteiger partial charge in [0.15, 0.2) is 0 Å². The van der Waals surface area contributed by atoms with Crippen LogP contribution >= 0.6 is 11.3 Å². The lowest BCUT2D eigenvalue weighted by molar-refractivity contribution is 0.103. The van der Waals surface area contributed by atoms with Crippen molar-refractivity contribution in [1.82, 2.24) is 25.6 Å². The second-order valence-electron chi connectivity index (χ2n) is 6.49. The van der Waals surface area contributed by atoms with Gasteiger partial charge in [-0.2, -0.15) is 5.10 Å². The van der Waals surface area contributed by atoms with Gasteiger partial charge in [-0.3, -0.25) is 15.3 Å². The molecule has 0 unspecified atom stereocenters. The molecule has 0 bridgehead atoms. The van der Waals surface area contributed by atoms with Gasteiger partial charge in [-0.25, -0.2) is 14.8 Å². The molecule has 3 aromatic rings. The number of carbonyl (C=O) groups is 2. The molecule has 2 amide bonds. The molecule has 0 saturated carbocycles. The van der Waals surface area contributed by atoms with Crippen LogP contribution in [0.15, 0.2) is 18.2 Å². The van der Waals surface area contributed by atoms with E-state index < -0.39 is 0 Å². The molecular formula is C18H18N6O2S. The molecule has 1 aliphatic rings. The number of hydrazine groups is 1. The van der Waals surface area contributed by atoms with E-state index in [9.17, 15) is 9.59 Å². The summed E-state index contributed by atoms with van der Waals surface area (Å²) in [7, 11) is 3.44. The Hall–Kier alpha value is -3.04. The van der Waals surface area contributed by atoms with Crippen LogP contribution < -0.4 is 10.7 Å². The Balaban J connectivity index is 1.86. The number of aromatic amines is 1. The summed E-state index contributed by atoms with van der Waals surface area (Å²) in [4.78, 5) is 30.4. The summed E-state index contributed by atoms with van der Waals surface area (Å²) in [5.41, 5.74) is 7.11. The van der Waals surface area contributed by atoms with Crippen molar-refractivity contribution in [2.24, 2.45) is 0 Å². The van der Waals surface area contributed by atoms with Gasteiger partial charge in [-0.15, -0.1) is 11.3 Å². The lowest BCUT2D eigenvalue weighted by Crippen LogP contribution is -2.39. The zero-order chi connectivity index (χ0) is 19.3. The van der Waals surface area contributed by atoms with Gasteiger partial charge in [0, 0.05) is 30.8 Å². The van der Waals surface area contributed by atoms with E-state index in [4.69, 9.17) is 0 Å². The van der Waals surface area contributed by atoms with Crippen LogP contribution in [0.5, 0.6) is 0 Å². The van der Waals surface area contributed by atoms with Crippen molar-refractivity contribution < 1.29 is 9.59 Å². The highest BCUT2D eigenvalue weighted by atomic mass is 32.1. The summed E-state index contributed by atoms with van der Waals surface area (Å²) >= 11 is 1.54. The van der Waals surface area contributed by atoms with E-state index in [0.29, 0.717) is 28.1 Å². The number of rotatable bonds is 3. The molecule has 1 aliphatic carbocycles. The van der Waals surface area contributed by atoms with Gasteiger partial charge in [0.25, 0.3) is 0 Å². The summed E-state index contributed by atoms with van der Waals surface area (Å²) in [6.07, 6.45) is 0. The van der Waals surface area contributed by atoms with Gasteiger partial charge in [0.2, 0.25) is 5.78 Å². The first-order chi connectivity index (χ1) is 12.9. The molecule has 9 heteroatoms. The first kappa shape index (κ1) is 17.4. The fourth-order valence-electron chi connectivity index (χ4n) is 3.27. The number of benzene rings is 1. The summed E-state index contributed by atoms with van der Waals surface area (Å²) in [6.45, 7) is 3.87. The fourth-order valence-corrected chi connectivity index (χ4v) is 4.19. The molecule has 3 N–H and O–H groups in total. The van der Waals surface area contributed by atoms with Crippen molar-refractivity contribution in [3.8, 4) is 21.7 Å². The standard InChI is InChI=1S/C18H18N6O2S/c1-8-17(27-9(2)19-8)15-13-12-10(16(25)14(13)21-22-15)6-5-7-11(12)20-18(26)23-24(3)4/h5-7H,1-4H3,(H,21,22)(H2,20,23,26).